The van der Waals surface area contributed by atoms with Crippen molar-refractivity contribution in [3.63, 3.8) is 0 Å². The zero-order valence-corrected chi connectivity index (χ0v) is 11.9. The molecule has 1 heterocycles. The highest BCUT2D eigenvalue weighted by atomic mass is 19.1. The van der Waals surface area contributed by atoms with Gasteiger partial charge in [-0.1, -0.05) is 12.2 Å². The topological polar surface area (TPSA) is 77.2 Å². The Labute approximate surface area is 118 Å². The Balaban J connectivity index is 2.36. The number of carbonyl (C=O) groups is 1. The van der Waals surface area contributed by atoms with Crippen molar-refractivity contribution in [2.24, 2.45) is 0 Å². The van der Waals surface area contributed by atoms with E-state index in [9.17, 15) is 9.18 Å². The van der Waals surface area contributed by atoms with Crippen molar-refractivity contribution in [2.45, 2.75) is 32.8 Å². The molecule has 1 aromatic heterocycles. The summed E-state index contributed by atoms with van der Waals surface area (Å²) in [5, 5.41) is 2.62. The number of halogens is 1. The van der Waals surface area contributed by atoms with Crippen LogP contribution in [0.5, 0.6) is 0 Å². The molecule has 110 valence electrons. The minimum atomic E-state index is -0.512. The monoisotopic (exact) mass is 281 g/mol. The number of anilines is 1. The predicted octanol–water partition coefficient (Wildman–Crippen LogP) is 2.73. The molecule has 20 heavy (non-hydrogen) atoms. The number of alkyl carbamates (subject to hydrolysis) is 1. The van der Waals surface area contributed by atoms with Gasteiger partial charge in [0.1, 0.15) is 17.2 Å². The van der Waals surface area contributed by atoms with Crippen LogP contribution in [0.4, 0.5) is 15.0 Å². The van der Waals surface area contributed by atoms with Gasteiger partial charge in [0.05, 0.1) is 6.20 Å². The third kappa shape index (κ3) is 6.17. The van der Waals surface area contributed by atoms with Crippen molar-refractivity contribution in [2.75, 3.05) is 12.3 Å². The number of ether oxygens (including phenoxy) is 1. The first-order valence-corrected chi connectivity index (χ1v) is 6.32. The third-order valence-electron chi connectivity index (χ3n) is 2.19. The quantitative estimate of drug-likeness (QED) is 0.832. The van der Waals surface area contributed by atoms with Gasteiger partial charge in [0.15, 0.2) is 0 Å². The van der Waals surface area contributed by atoms with E-state index in [0.29, 0.717) is 18.5 Å². The SMILES string of the molecule is CC(C)(C)OC(=O)NCCC=Cc1cc(F)cnc1N. The van der Waals surface area contributed by atoms with Crippen molar-refractivity contribution < 1.29 is 13.9 Å². The molecule has 5 nitrogen and oxygen atoms in total. The first kappa shape index (κ1) is 15.9. The van der Waals surface area contributed by atoms with Gasteiger partial charge in [-0.15, -0.1) is 0 Å². The van der Waals surface area contributed by atoms with Crippen LogP contribution in [0.1, 0.15) is 32.8 Å². The lowest BCUT2D eigenvalue weighted by atomic mass is 10.2. The largest absolute Gasteiger partial charge is 0.444 e. The Bertz CT molecular complexity index is 496. The average Bonchev–Trinajstić information content (AvgIpc) is 2.30. The highest BCUT2D eigenvalue weighted by Crippen LogP contribution is 2.12. The van der Waals surface area contributed by atoms with Crippen molar-refractivity contribution in [1.29, 1.82) is 0 Å². The van der Waals surface area contributed by atoms with E-state index in [0.717, 1.165) is 6.20 Å². The van der Waals surface area contributed by atoms with Crippen LogP contribution in [0.25, 0.3) is 6.08 Å². The molecule has 3 N–H and O–H groups in total. The Morgan fingerprint density at radius 1 is 1.55 bits per heavy atom. The van der Waals surface area contributed by atoms with E-state index in [2.05, 4.69) is 10.3 Å². The number of hydrogen-bond donors (Lipinski definition) is 2. The summed E-state index contributed by atoms with van der Waals surface area (Å²) >= 11 is 0. The summed E-state index contributed by atoms with van der Waals surface area (Å²) in [6.45, 7) is 5.82. The fraction of sp³-hybridized carbons (Fsp3) is 0.429. The van der Waals surface area contributed by atoms with E-state index in [-0.39, 0.29) is 5.82 Å². The lowest BCUT2D eigenvalue weighted by molar-refractivity contribution is 0.0529. The predicted molar refractivity (Wildman–Crippen MR) is 76.5 cm³/mol. The average molecular weight is 281 g/mol. The lowest BCUT2D eigenvalue weighted by Crippen LogP contribution is -2.32. The van der Waals surface area contributed by atoms with E-state index in [4.69, 9.17) is 10.5 Å². The summed E-state index contributed by atoms with van der Waals surface area (Å²) in [6.07, 6.45) is 4.64. The number of aromatic nitrogens is 1. The van der Waals surface area contributed by atoms with Crippen molar-refractivity contribution in [3.8, 4) is 0 Å². The Morgan fingerprint density at radius 2 is 2.25 bits per heavy atom. The van der Waals surface area contributed by atoms with E-state index < -0.39 is 17.5 Å². The van der Waals surface area contributed by atoms with Gasteiger partial charge in [0, 0.05) is 12.1 Å². The molecule has 1 rings (SSSR count). The number of hydrogen-bond acceptors (Lipinski definition) is 4. The second-order valence-electron chi connectivity index (χ2n) is 5.25. The van der Waals surface area contributed by atoms with Crippen molar-refractivity contribution in [3.05, 3.63) is 29.7 Å². The molecule has 0 spiro atoms. The smallest absolute Gasteiger partial charge is 0.407 e. The number of nitrogens with two attached hydrogens (primary N) is 1. The molecule has 0 aliphatic heterocycles. The van der Waals surface area contributed by atoms with Crippen LogP contribution >= 0.6 is 0 Å². The van der Waals surface area contributed by atoms with E-state index in [1.54, 1.807) is 32.9 Å². The summed E-state index contributed by atoms with van der Waals surface area (Å²) in [7, 11) is 0. The number of nitrogens with one attached hydrogen (secondary N) is 1. The Kier molecular flexibility index (Phi) is 5.49. The Hall–Kier alpha value is -2.11. The van der Waals surface area contributed by atoms with Crippen LogP contribution in [-0.4, -0.2) is 23.2 Å². The van der Waals surface area contributed by atoms with Crippen LogP contribution in [0.3, 0.4) is 0 Å². The maximum Gasteiger partial charge on any atom is 0.407 e. The van der Waals surface area contributed by atoms with Gasteiger partial charge < -0.3 is 15.8 Å². The molecular formula is C14H20FN3O2. The third-order valence-corrected chi connectivity index (χ3v) is 2.19. The molecule has 0 aliphatic carbocycles. The van der Waals surface area contributed by atoms with Gasteiger partial charge in [0.25, 0.3) is 0 Å². The standard InChI is InChI=1S/C14H20FN3O2/c1-14(2,3)20-13(19)17-7-5-4-6-10-8-11(15)9-18-12(10)16/h4,6,8-9H,5,7H2,1-3H3,(H2,16,18)(H,17,19). The maximum atomic E-state index is 13.0. The molecule has 6 heteroatoms. The fourth-order valence-corrected chi connectivity index (χ4v) is 1.38. The van der Waals surface area contributed by atoms with Crippen LogP contribution in [0, 0.1) is 5.82 Å². The molecule has 0 bridgehead atoms. The zero-order valence-electron chi connectivity index (χ0n) is 11.9. The summed E-state index contributed by atoms with van der Waals surface area (Å²) in [5.41, 5.74) is 5.61. The molecule has 0 aliphatic rings. The van der Waals surface area contributed by atoms with Crippen LogP contribution in [0.2, 0.25) is 0 Å². The number of carbonyl (C=O) groups excluding carboxylic acids is 1. The van der Waals surface area contributed by atoms with Crippen LogP contribution < -0.4 is 11.1 Å². The van der Waals surface area contributed by atoms with E-state index in [1.165, 1.54) is 6.07 Å². The first-order valence-electron chi connectivity index (χ1n) is 6.32. The molecule has 0 atom stereocenters. The molecule has 0 fully saturated rings. The van der Waals surface area contributed by atoms with Crippen LogP contribution in [0.15, 0.2) is 18.3 Å². The highest BCUT2D eigenvalue weighted by molar-refractivity contribution is 5.67. The molecule has 1 amide bonds. The zero-order chi connectivity index (χ0) is 15.2. The minimum Gasteiger partial charge on any atom is -0.444 e. The molecule has 0 radical (unpaired) electrons. The second kappa shape index (κ2) is 6.88. The summed E-state index contributed by atoms with van der Waals surface area (Å²) in [5.74, 6) is -0.173. The van der Waals surface area contributed by atoms with Gasteiger partial charge in [0.2, 0.25) is 0 Å². The van der Waals surface area contributed by atoms with Gasteiger partial charge in [-0.25, -0.2) is 14.2 Å². The number of pyridine rings is 1. The van der Waals surface area contributed by atoms with Gasteiger partial charge in [-0.05, 0) is 33.3 Å². The number of nitrogens with zero attached hydrogens (tertiary/aromatic N) is 1. The molecule has 1 aromatic rings. The van der Waals surface area contributed by atoms with Crippen molar-refractivity contribution in [1.82, 2.24) is 10.3 Å². The Morgan fingerprint density at radius 3 is 2.90 bits per heavy atom. The summed E-state index contributed by atoms with van der Waals surface area (Å²) in [4.78, 5) is 15.1. The number of amides is 1. The molecule has 0 saturated carbocycles. The van der Waals surface area contributed by atoms with Gasteiger partial charge in [-0.3, -0.25) is 0 Å². The van der Waals surface area contributed by atoms with Gasteiger partial charge in [-0.2, -0.15) is 0 Å². The molecule has 0 aromatic carbocycles. The highest BCUT2D eigenvalue weighted by Gasteiger charge is 2.15. The molecule has 0 saturated heterocycles. The molecule has 0 unspecified atom stereocenters. The number of rotatable bonds is 4. The minimum absolute atomic E-state index is 0.266. The normalized spacial score (nSPS) is 11.6. The molecular weight excluding hydrogens is 261 g/mol. The first-order chi connectivity index (χ1) is 9.28. The van der Waals surface area contributed by atoms with Crippen molar-refractivity contribution >= 4 is 18.0 Å². The second-order valence-corrected chi connectivity index (χ2v) is 5.25. The number of nitrogen functional groups attached to an aromatic ring is 1. The van der Waals surface area contributed by atoms with E-state index in [1.807, 2.05) is 0 Å². The van der Waals surface area contributed by atoms with E-state index >= 15 is 0 Å². The fourth-order valence-electron chi connectivity index (χ4n) is 1.38. The summed E-state index contributed by atoms with van der Waals surface area (Å²) in [6, 6.07) is 1.31. The maximum absolute atomic E-state index is 13.0. The van der Waals surface area contributed by atoms with Crippen LogP contribution in [-0.2, 0) is 4.74 Å². The van der Waals surface area contributed by atoms with Gasteiger partial charge >= 0.3 is 6.09 Å². The summed E-state index contributed by atoms with van der Waals surface area (Å²) < 4.78 is 18.0. The lowest BCUT2D eigenvalue weighted by Gasteiger charge is -2.19.